The van der Waals surface area contributed by atoms with Crippen LogP contribution in [0.4, 0.5) is 11.4 Å². The van der Waals surface area contributed by atoms with Crippen LogP contribution < -0.4 is 21.3 Å². The highest BCUT2D eigenvalue weighted by atomic mass is 16.5. The number of anilines is 2. The lowest BCUT2D eigenvalue weighted by atomic mass is 10.1. The molecule has 8 nitrogen and oxygen atoms in total. The second kappa shape index (κ2) is 10.4. The number of benzene rings is 2. The molecule has 0 bridgehead atoms. The number of hydrogen-bond acceptors (Lipinski definition) is 5. The number of nitrogens with one attached hydrogen (secondary N) is 4. The van der Waals surface area contributed by atoms with Crippen LogP contribution in [0.3, 0.4) is 0 Å². The maximum atomic E-state index is 12.3. The van der Waals surface area contributed by atoms with E-state index in [1.807, 2.05) is 0 Å². The molecule has 1 saturated heterocycles. The fourth-order valence-corrected chi connectivity index (χ4v) is 3.15. The van der Waals surface area contributed by atoms with E-state index in [9.17, 15) is 14.4 Å². The number of ether oxygens (including phenoxy) is 1. The molecule has 4 N–H and O–H groups in total. The van der Waals surface area contributed by atoms with Crippen molar-refractivity contribution in [3.63, 3.8) is 0 Å². The summed E-state index contributed by atoms with van der Waals surface area (Å²) in [6.45, 7) is 1.24. The van der Waals surface area contributed by atoms with E-state index in [0.29, 0.717) is 29.0 Å². The zero-order valence-corrected chi connectivity index (χ0v) is 16.9. The van der Waals surface area contributed by atoms with Gasteiger partial charge in [0.05, 0.1) is 12.6 Å². The molecule has 1 fully saturated rings. The van der Waals surface area contributed by atoms with Crippen LogP contribution in [0.1, 0.15) is 33.6 Å². The second-order valence-electron chi connectivity index (χ2n) is 6.99. The van der Waals surface area contributed by atoms with Gasteiger partial charge in [-0.15, -0.1) is 0 Å². The number of rotatable bonds is 8. The van der Waals surface area contributed by atoms with Crippen molar-refractivity contribution in [3.05, 3.63) is 59.7 Å². The minimum atomic E-state index is -0.266. The van der Waals surface area contributed by atoms with Crippen LogP contribution in [0.5, 0.6) is 0 Å². The Kier molecular flexibility index (Phi) is 7.40. The predicted molar refractivity (Wildman–Crippen MR) is 115 cm³/mol. The van der Waals surface area contributed by atoms with Crippen molar-refractivity contribution in [3.8, 4) is 0 Å². The summed E-state index contributed by atoms with van der Waals surface area (Å²) in [5, 5.41) is 11.2. The van der Waals surface area contributed by atoms with Crippen LogP contribution in [0.2, 0.25) is 0 Å². The number of hydrogen-bond donors (Lipinski definition) is 4. The molecule has 1 heterocycles. The lowest BCUT2D eigenvalue weighted by Gasteiger charge is -2.12. The normalized spacial score (nSPS) is 15.3. The Morgan fingerprint density at radius 3 is 2.40 bits per heavy atom. The Bertz CT molecular complexity index is 910. The molecule has 2 aromatic carbocycles. The van der Waals surface area contributed by atoms with E-state index < -0.39 is 0 Å². The zero-order valence-electron chi connectivity index (χ0n) is 16.9. The molecular weight excluding hydrogens is 384 g/mol. The van der Waals surface area contributed by atoms with Gasteiger partial charge in [-0.25, -0.2) is 0 Å². The Balaban J connectivity index is 1.51. The topological polar surface area (TPSA) is 109 Å². The summed E-state index contributed by atoms with van der Waals surface area (Å²) in [6, 6.07) is 13.7. The highest BCUT2D eigenvalue weighted by molar-refractivity contribution is 5.98. The molecule has 0 aliphatic carbocycles. The first-order valence-electron chi connectivity index (χ1n) is 9.91. The van der Waals surface area contributed by atoms with Gasteiger partial charge in [0.1, 0.15) is 0 Å². The summed E-state index contributed by atoms with van der Waals surface area (Å²) >= 11 is 0. The molecule has 3 rings (SSSR count). The third-order valence-electron chi connectivity index (χ3n) is 4.73. The second-order valence-corrected chi connectivity index (χ2v) is 6.99. The Morgan fingerprint density at radius 2 is 1.70 bits per heavy atom. The van der Waals surface area contributed by atoms with Crippen LogP contribution in [-0.4, -0.2) is 50.6 Å². The maximum Gasteiger partial charge on any atom is 0.251 e. The minimum Gasteiger partial charge on any atom is -0.376 e. The molecule has 1 unspecified atom stereocenters. The van der Waals surface area contributed by atoms with Gasteiger partial charge in [-0.05, 0) is 49.2 Å². The fourth-order valence-electron chi connectivity index (χ4n) is 3.15. The van der Waals surface area contributed by atoms with Crippen LogP contribution >= 0.6 is 0 Å². The summed E-state index contributed by atoms with van der Waals surface area (Å²) in [6.07, 6.45) is 2.05. The lowest BCUT2D eigenvalue weighted by molar-refractivity contribution is -0.114. The first kappa shape index (κ1) is 21.3. The van der Waals surface area contributed by atoms with E-state index in [4.69, 9.17) is 4.74 Å². The predicted octanol–water partition coefficient (Wildman–Crippen LogP) is 2.01. The molecule has 0 spiro atoms. The average molecular weight is 410 g/mol. The Hall–Kier alpha value is -3.39. The van der Waals surface area contributed by atoms with Gasteiger partial charge in [-0.2, -0.15) is 0 Å². The van der Waals surface area contributed by atoms with Crippen molar-refractivity contribution in [1.82, 2.24) is 10.6 Å². The summed E-state index contributed by atoms with van der Waals surface area (Å²) < 4.78 is 5.50. The molecule has 1 aliphatic rings. The zero-order chi connectivity index (χ0) is 21.3. The highest BCUT2D eigenvalue weighted by Crippen LogP contribution is 2.14. The van der Waals surface area contributed by atoms with Gasteiger partial charge in [0.25, 0.3) is 11.8 Å². The molecule has 8 heteroatoms. The van der Waals surface area contributed by atoms with Crippen molar-refractivity contribution in [2.24, 2.45) is 0 Å². The van der Waals surface area contributed by atoms with E-state index in [0.717, 1.165) is 19.4 Å². The standard InChI is InChI=1S/C22H26N4O4/c1-23-21(28)15-5-2-7-17(11-15)24-14-20(27)26-18-8-3-6-16(12-18)22(29)25-13-19-9-4-10-30-19/h2-3,5-8,11-12,19,24H,4,9-10,13-14H2,1H3,(H,23,28)(H,25,29)(H,26,27). The van der Waals surface area contributed by atoms with Gasteiger partial charge in [0.2, 0.25) is 5.91 Å². The van der Waals surface area contributed by atoms with Gasteiger partial charge in [-0.3, -0.25) is 14.4 Å². The van der Waals surface area contributed by atoms with E-state index in [2.05, 4.69) is 21.3 Å². The highest BCUT2D eigenvalue weighted by Gasteiger charge is 2.17. The quantitative estimate of drug-likeness (QED) is 0.532. The van der Waals surface area contributed by atoms with E-state index >= 15 is 0 Å². The van der Waals surface area contributed by atoms with E-state index in [1.165, 1.54) is 0 Å². The molecule has 1 aliphatic heterocycles. The van der Waals surface area contributed by atoms with Crippen molar-refractivity contribution < 1.29 is 19.1 Å². The number of carbonyl (C=O) groups is 3. The molecule has 0 radical (unpaired) electrons. The molecule has 1 atom stereocenters. The van der Waals surface area contributed by atoms with Crippen molar-refractivity contribution in [1.29, 1.82) is 0 Å². The average Bonchev–Trinajstić information content (AvgIpc) is 3.29. The van der Waals surface area contributed by atoms with Crippen LogP contribution in [0.25, 0.3) is 0 Å². The van der Waals surface area contributed by atoms with Gasteiger partial charge < -0.3 is 26.0 Å². The summed E-state index contributed by atoms with van der Waals surface area (Å²) in [5.74, 6) is -0.666. The van der Waals surface area contributed by atoms with Crippen LogP contribution in [0, 0.1) is 0 Å². The summed E-state index contributed by atoms with van der Waals surface area (Å²) in [7, 11) is 1.56. The molecular formula is C22H26N4O4. The molecule has 158 valence electrons. The lowest BCUT2D eigenvalue weighted by Crippen LogP contribution is -2.31. The van der Waals surface area contributed by atoms with Gasteiger partial charge >= 0.3 is 0 Å². The smallest absolute Gasteiger partial charge is 0.251 e. The molecule has 0 aromatic heterocycles. The SMILES string of the molecule is CNC(=O)c1cccc(NCC(=O)Nc2cccc(C(=O)NCC3CCCO3)c2)c1. The van der Waals surface area contributed by atoms with Gasteiger partial charge in [0, 0.05) is 42.7 Å². The Labute approximate surface area is 175 Å². The Morgan fingerprint density at radius 1 is 1.00 bits per heavy atom. The molecule has 30 heavy (non-hydrogen) atoms. The third kappa shape index (κ3) is 6.05. The number of carbonyl (C=O) groups excluding carboxylic acids is 3. The first-order chi connectivity index (χ1) is 14.5. The molecule has 0 saturated carbocycles. The fraction of sp³-hybridized carbons (Fsp3) is 0.318. The summed E-state index contributed by atoms with van der Waals surface area (Å²) in [4.78, 5) is 36.3. The van der Waals surface area contributed by atoms with Crippen molar-refractivity contribution in [2.45, 2.75) is 18.9 Å². The minimum absolute atomic E-state index is 0.0205. The van der Waals surface area contributed by atoms with Gasteiger partial charge in [0.15, 0.2) is 0 Å². The number of amides is 3. The van der Waals surface area contributed by atoms with Crippen LogP contribution in [0.15, 0.2) is 48.5 Å². The van der Waals surface area contributed by atoms with E-state index in [-0.39, 0.29) is 30.4 Å². The maximum absolute atomic E-state index is 12.3. The molecule has 3 amide bonds. The van der Waals surface area contributed by atoms with Crippen molar-refractivity contribution >= 4 is 29.1 Å². The first-order valence-corrected chi connectivity index (χ1v) is 9.91. The monoisotopic (exact) mass is 410 g/mol. The third-order valence-corrected chi connectivity index (χ3v) is 4.73. The summed E-state index contributed by atoms with van der Waals surface area (Å²) in [5.41, 5.74) is 2.17. The largest absolute Gasteiger partial charge is 0.376 e. The molecule has 2 aromatic rings. The van der Waals surface area contributed by atoms with Gasteiger partial charge in [-0.1, -0.05) is 12.1 Å². The van der Waals surface area contributed by atoms with Crippen LogP contribution in [-0.2, 0) is 9.53 Å². The van der Waals surface area contributed by atoms with E-state index in [1.54, 1.807) is 55.6 Å². The van der Waals surface area contributed by atoms with Crippen molar-refractivity contribution in [2.75, 3.05) is 37.4 Å².